The van der Waals surface area contributed by atoms with E-state index in [9.17, 15) is 4.79 Å². The number of amides is 1. The first kappa shape index (κ1) is 25.6. The first-order valence-electron chi connectivity index (χ1n) is 14.2. The molecule has 1 atom stereocenters. The Balaban J connectivity index is 1.32. The Bertz CT molecular complexity index is 1350. The number of fused-ring (bicyclic) bond motifs is 2. The van der Waals surface area contributed by atoms with Crippen LogP contribution >= 0.6 is 0 Å². The number of aromatic nitrogens is 2. The predicted octanol–water partition coefficient (Wildman–Crippen LogP) is 3.89. The van der Waals surface area contributed by atoms with Crippen molar-refractivity contribution in [2.24, 2.45) is 0 Å². The highest BCUT2D eigenvalue weighted by molar-refractivity contribution is 5.94. The third-order valence-corrected chi connectivity index (χ3v) is 8.49. The van der Waals surface area contributed by atoms with Crippen LogP contribution in [-0.4, -0.2) is 84.6 Å². The van der Waals surface area contributed by atoms with Crippen molar-refractivity contribution in [1.29, 1.82) is 0 Å². The second-order valence-corrected chi connectivity index (χ2v) is 10.9. The van der Waals surface area contributed by atoms with Crippen LogP contribution in [0.5, 0.6) is 6.01 Å². The van der Waals surface area contributed by atoms with Crippen LogP contribution in [-0.2, 0) is 17.8 Å². The van der Waals surface area contributed by atoms with Gasteiger partial charge in [0, 0.05) is 55.4 Å². The van der Waals surface area contributed by atoms with Crippen molar-refractivity contribution in [3.05, 3.63) is 66.4 Å². The first-order valence-corrected chi connectivity index (χ1v) is 14.2. The standard InChI is InChI=1S/C31H38N6O2/c1-3-29(38)35-17-19-36(20-18-35)30-26-13-8-16-37(28-14-6-10-23-9-4-5-12-25(23)28)21-27(26)32-31(33-30)39-22-24-11-7-15-34(24)2/h3-6,9-10,12,14,24H,1,7-8,11,13,15-22H2,2H3/t24-/m0/s1. The van der Waals surface area contributed by atoms with E-state index in [2.05, 4.69) is 70.8 Å². The van der Waals surface area contributed by atoms with Gasteiger partial charge in [-0.2, -0.15) is 9.97 Å². The molecule has 2 aromatic carbocycles. The molecule has 3 aliphatic rings. The van der Waals surface area contributed by atoms with Crippen molar-refractivity contribution in [3.63, 3.8) is 0 Å². The minimum absolute atomic E-state index is 0.00778. The minimum atomic E-state index is -0.00778. The molecule has 2 saturated heterocycles. The molecule has 6 rings (SSSR count). The molecule has 1 amide bonds. The van der Waals surface area contributed by atoms with E-state index in [0.717, 1.165) is 57.0 Å². The molecule has 8 heteroatoms. The predicted molar refractivity (Wildman–Crippen MR) is 155 cm³/mol. The van der Waals surface area contributed by atoms with Crippen molar-refractivity contribution in [1.82, 2.24) is 19.8 Å². The highest BCUT2D eigenvalue weighted by atomic mass is 16.5. The number of hydrogen-bond acceptors (Lipinski definition) is 7. The molecule has 3 aliphatic heterocycles. The topological polar surface area (TPSA) is 65.0 Å². The molecule has 1 aromatic heterocycles. The highest BCUT2D eigenvalue weighted by Crippen LogP contribution is 2.34. The lowest BCUT2D eigenvalue weighted by molar-refractivity contribution is -0.126. The summed E-state index contributed by atoms with van der Waals surface area (Å²) >= 11 is 0. The number of benzene rings is 2. The van der Waals surface area contributed by atoms with Gasteiger partial charge in [0.15, 0.2) is 0 Å². The van der Waals surface area contributed by atoms with Gasteiger partial charge in [0.2, 0.25) is 5.91 Å². The van der Waals surface area contributed by atoms with E-state index in [1.165, 1.54) is 34.5 Å². The summed E-state index contributed by atoms with van der Waals surface area (Å²) in [5.74, 6) is 0.965. The molecular formula is C31H38N6O2. The van der Waals surface area contributed by atoms with Crippen molar-refractivity contribution in [2.75, 3.05) is 62.7 Å². The number of rotatable bonds is 6. The Morgan fingerprint density at radius 2 is 1.82 bits per heavy atom. The highest BCUT2D eigenvalue weighted by Gasteiger charge is 2.28. The van der Waals surface area contributed by atoms with Gasteiger partial charge in [-0.05, 0) is 56.8 Å². The summed E-state index contributed by atoms with van der Waals surface area (Å²) in [6.07, 6.45) is 5.69. The summed E-state index contributed by atoms with van der Waals surface area (Å²) in [6, 6.07) is 16.0. The molecule has 3 aromatic rings. The summed E-state index contributed by atoms with van der Waals surface area (Å²) in [5, 5.41) is 2.51. The quantitative estimate of drug-likeness (QED) is 0.452. The van der Waals surface area contributed by atoms with E-state index in [-0.39, 0.29) is 5.91 Å². The SMILES string of the molecule is C=CC(=O)N1CCN(c2nc(OC[C@@H]3CCCN3C)nc3c2CCCN(c2cccc4ccccc24)C3)CC1. The Kier molecular flexibility index (Phi) is 7.37. The van der Waals surface area contributed by atoms with Crippen LogP contribution in [0, 0.1) is 0 Å². The molecule has 0 N–H and O–H groups in total. The molecule has 0 saturated carbocycles. The fourth-order valence-electron chi connectivity index (χ4n) is 6.23. The van der Waals surface area contributed by atoms with E-state index in [0.29, 0.717) is 38.3 Å². The Hall–Kier alpha value is -3.65. The molecule has 0 spiro atoms. The van der Waals surface area contributed by atoms with Crippen LogP contribution in [0.3, 0.4) is 0 Å². The van der Waals surface area contributed by atoms with Crippen molar-refractivity contribution in [3.8, 4) is 6.01 Å². The van der Waals surface area contributed by atoms with Gasteiger partial charge in [0.05, 0.1) is 12.2 Å². The minimum Gasteiger partial charge on any atom is -0.462 e. The molecule has 4 heterocycles. The third kappa shape index (κ3) is 5.30. The van der Waals surface area contributed by atoms with Gasteiger partial charge in [0.1, 0.15) is 12.4 Å². The van der Waals surface area contributed by atoms with E-state index < -0.39 is 0 Å². The fraction of sp³-hybridized carbons (Fsp3) is 0.452. The Morgan fingerprint density at radius 3 is 2.62 bits per heavy atom. The number of hydrogen-bond donors (Lipinski definition) is 0. The zero-order valence-corrected chi connectivity index (χ0v) is 22.9. The summed E-state index contributed by atoms with van der Waals surface area (Å²) in [4.78, 5) is 31.2. The average molecular weight is 527 g/mol. The molecule has 39 heavy (non-hydrogen) atoms. The first-order chi connectivity index (χ1) is 19.1. The summed E-state index contributed by atoms with van der Waals surface area (Å²) in [6.45, 7) is 9.83. The molecule has 0 aliphatic carbocycles. The van der Waals surface area contributed by atoms with Gasteiger partial charge in [-0.15, -0.1) is 0 Å². The molecular weight excluding hydrogens is 488 g/mol. The van der Waals surface area contributed by atoms with Gasteiger partial charge < -0.3 is 24.3 Å². The van der Waals surface area contributed by atoms with Crippen molar-refractivity contribution >= 4 is 28.2 Å². The number of piperazine rings is 1. The molecule has 204 valence electrons. The van der Waals surface area contributed by atoms with Gasteiger partial charge in [-0.1, -0.05) is 43.0 Å². The van der Waals surface area contributed by atoms with Crippen LogP contribution in [0.1, 0.15) is 30.5 Å². The number of likely N-dealkylation sites (N-methyl/N-ethyl adjacent to an activating group) is 1. The number of nitrogens with zero attached hydrogens (tertiary/aromatic N) is 6. The maximum absolute atomic E-state index is 12.2. The lowest BCUT2D eigenvalue weighted by Gasteiger charge is -2.36. The van der Waals surface area contributed by atoms with Crippen LogP contribution in [0.15, 0.2) is 55.1 Å². The number of anilines is 2. The van der Waals surface area contributed by atoms with Gasteiger partial charge in [-0.3, -0.25) is 4.79 Å². The Morgan fingerprint density at radius 1 is 1.00 bits per heavy atom. The van der Waals surface area contributed by atoms with E-state index >= 15 is 0 Å². The number of carbonyl (C=O) groups excluding carboxylic acids is 1. The average Bonchev–Trinajstić information content (AvgIpc) is 3.27. The largest absolute Gasteiger partial charge is 0.462 e. The molecule has 0 unspecified atom stereocenters. The fourth-order valence-corrected chi connectivity index (χ4v) is 6.23. The third-order valence-electron chi connectivity index (χ3n) is 8.49. The second kappa shape index (κ2) is 11.2. The smallest absolute Gasteiger partial charge is 0.318 e. The van der Waals surface area contributed by atoms with E-state index in [4.69, 9.17) is 14.7 Å². The lowest BCUT2D eigenvalue weighted by atomic mass is 10.1. The van der Waals surface area contributed by atoms with E-state index in [1.54, 1.807) is 0 Å². The normalized spacial score (nSPS) is 20.1. The maximum Gasteiger partial charge on any atom is 0.318 e. The lowest BCUT2D eigenvalue weighted by Crippen LogP contribution is -2.49. The zero-order chi connectivity index (χ0) is 26.8. The summed E-state index contributed by atoms with van der Waals surface area (Å²) in [5.41, 5.74) is 3.50. The van der Waals surface area contributed by atoms with Gasteiger partial charge >= 0.3 is 6.01 Å². The number of carbonyl (C=O) groups is 1. The summed E-state index contributed by atoms with van der Waals surface area (Å²) < 4.78 is 6.30. The molecule has 0 radical (unpaired) electrons. The van der Waals surface area contributed by atoms with Crippen LogP contribution < -0.4 is 14.5 Å². The molecule has 2 fully saturated rings. The van der Waals surface area contributed by atoms with Crippen LogP contribution in [0.4, 0.5) is 11.5 Å². The maximum atomic E-state index is 12.2. The van der Waals surface area contributed by atoms with Crippen LogP contribution in [0.25, 0.3) is 10.8 Å². The number of ether oxygens (including phenoxy) is 1. The van der Waals surface area contributed by atoms with Crippen molar-refractivity contribution < 1.29 is 9.53 Å². The Labute approximate surface area is 230 Å². The molecule has 8 nitrogen and oxygen atoms in total. The van der Waals surface area contributed by atoms with Gasteiger partial charge in [0.25, 0.3) is 0 Å². The molecule has 0 bridgehead atoms. The summed E-state index contributed by atoms with van der Waals surface area (Å²) in [7, 11) is 2.16. The zero-order valence-electron chi connectivity index (χ0n) is 22.9. The second-order valence-electron chi connectivity index (χ2n) is 10.9. The van der Waals surface area contributed by atoms with Crippen molar-refractivity contribution in [2.45, 2.75) is 38.3 Å². The monoisotopic (exact) mass is 526 g/mol. The van der Waals surface area contributed by atoms with Crippen LogP contribution in [0.2, 0.25) is 0 Å². The number of likely N-dealkylation sites (tertiary alicyclic amines) is 1. The van der Waals surface area contributed by atoms with E-state index in [1.807, 2.05) is 4.90 Å². The van der Waals surface area contributed by atoms with Gasteiger partial charge in [-0.25, -0.2) is 0 Å².